The Labute approximate surface area is 323 Å². The number of imidazole rings is 2. The summed E-state index contributed by atoms with van der Waals surface area (Å²) in [7, 11) is 0. The van der Waals surface area contributed by atoms with E-state index >= 15 is 0 Å². The maximum absolute atomic E-state index is 5.11. The van der Waals surface area contributed by atoms with Gasteiger partial charge in [-0.2, -0.15) is 0 Å². The number of aromatic nitrogens is 5. The van der Waals surface area contributed by atoms with Crippen molar-refractivity contribution in [1.82, 2.24) is 24.1 Å². The van der Waals surface area contributed by atoms with Gasteiger partial charge in [-0.3, -0.25) is 14.1 Å². The van der Waals surface area contributed by atoms with E-state index in [1.54, 1.807) is 0 Å². The molecule has 0 atom stereocenters. The molecular formula is C51H33N5. The SMILES string of the molecule is c1ccc(-n2c(-c3ccc(-c4c5ccccc5c(-c5ccc(-c6nc7ccccc7n6-c6ccccc6)cc5)c5cnccc45)cc3)nc3ccccc32)cc1. The second-order valence-electron chi connectivity index (χ2n) is 14.1. The lowest BCUT2D eigenvalue weighted by Crippen LogP contribution is -1.97. The number of hydrogen-bond donors (Lipinski definition) is 0. The molecule has 56 heavy (non-hydrogen) atoms. The van der Waals surface area contributed by atoms with Crippen LogP contribution >= 0.6 is 0 Å². The Morgan fingerprint density at radius 3 is 1.21 bits per heavy atom. The summed E-state index contributed by atoms with van der Waals surface area (Å²) in [6, 6.07) is 66.2. The second kappa shape index (κ2) is 13.0. The van der Waals surface area contributed by atoms with Crippen molar-refractivity contribution in [2.45, 2.75) is 0 Å². The fraction of sp³-hybridized carbons (Fsp3) is 0. The maximum atomic E-state index is 5.11. The van der Waals surface area contributed by atoms with Crippen LogP contribution in [0.1, 0.15) is 0 Å². The van der Waals surface area contributed by atoms with Gasteiger partial charge in [0.25, 0.3) is 0 Å². The van der Waals surface area contributed by atoms with Gasteiger partial charge in [0.2, 0.25) is 0 Å². The molecule has 11 rings (SSSR count). The van der Waals surface area contributed by atoms with Gasteiger partial charge >= 0.3 is 0 Å². The van der Waals surface area contributed by atoms with Gasteiger partial charge in [-0.05, 0) is 93.0 Å². The van der Waals surface area contributed by atoms with Crippen LogP contribution in [0.4, 0.5) is 0 Å². The van der Waals surface area contributed by atoms with Gasteiger partial charge in [0.15, 0.2) is 0 Å². The number of fused-ring (bicyclic) bond motifs is 4. The number of para-hydroxylation sites is 6. The predicted molar refractivity (Wildman–Crippen MR) is 230 cm³/mol. The highest BCUT2D eigenvalue weighted by molar-refractivity contribution is 6.21. The topological polar surface area (TPSA) is 48.5 Å². The summed E-state index contributed by atoms with van der Waals surface area (Å²) < 4.78 is 4.49. The summed E-state index contributed by atoms with van der Waals surface area (Å²) in [4.78, 5) is 14.9. The Morgan fingerprint density at radius 1 is 0.321 bits per heavy atom. The summed E-state index contributed by atoms with van der Waals surface area (Å²) in [5, 5.41) is 4.65. The molecule has 3 aromatic heterocycles. The smallest absolute Gasteiger partial charge is 0.145 e. The average Bonchev–Trinajstić information content (AvgIpc) is 3.86. The molecule has 0 amide bonds. The van der Waals surface area contributed by atoms with Crippen molar-refractivity contribution in [2.75, 3.05) is 0 Å². The van der Waals surface area contributed by atoms with E-state index in [2.05, 4.69) is 178 Å². The van der Waals surface area contributed by atoms with E-state index < -0.39 is 0 Å². The number of pyridine rings is 1. The minimum atomic E-state index is 0.915. The molecular weight excluding hydrogens is 683 g/mol. The molecule has 0 aliphatic rings. The standard InChI is InChI=1S/C51H33N5/c1-3-13-38(14-4-1)55-46-21-11-9-19-44(46)53-50(55)36-27-23-34(24-28-36)48-40-17-7-8-18-41(40)49(43-33-52-32-31-42(43)48)35-25-29-37(30-26-35)51-54-45-20-10-12-22-47(45)56(51)39-15-5-2-6-16-39/h1-33H. The lowest BCUT2D eigenvalue weighted by atomic mass is 9.86. The van der Waals surface area contributed by atoms with Crippen LogP contribution in [0, 0.1) is 0 Å². The lowest BCUT2D eigenvalue weighted by molar-refractivity contribution is 1.10. The molecule has 0 fully saturated rings. The number of nitrogens with zero attached hydrogens (tertiary/aromatic N) is 5. The lowest BCUT2D eigenvalue weighted by Gasteiger charge is -2.18. The highest BCUT2D eigenvalue weighted by Crippen LogP contribution is 2.44. The van der Waals surface area contributed by atoms with E-state index in [0.717, 1.165) is 78.1 Å². The molecule has 5 heteroatoms. The third-order valence-corrected chi connectivity index (χ3v) is 10.8. The van der Waals surface area contributed by atoms with Gasteiger partial charge in [0.1, 0.15) is 11.6 Å². The van der Waals surface area contributed by atoms with Crippen molar-refractivity contribution < 1.29 is 0 Å². The van der Waals surface area contributed by atoms with Crippen LogP contribution in [0.3, 0.4) is 0 Å². The Kier molecular flexibility index (Phi) is 7.42. The number of hydrogen-bond acceptors (Lipinski definition) is 3. The normalized spacial score (nSPS) is 11.6. The largest absolute Gasteiger partial charge is 0.292 e. The quantitative estimate of drug-likeness (QED) is 0.161. The van der Waals surface area contributed by atoms with Crippen molar-refractivity contribution >= 4 is 43.6 Å². The maximum Gasteiger partial charge on any atom is 0.145 e. The second-order valence-corrected chi connectivity index (χ2v) is 14.1. The van der Waals surface area contributed by atoms with Crippen LogP contribution < -0.4 is 0 Å². The molecule has 5 nitrogen and oxygen atoms in total. The molecule has 0 saturated heterocycles. The van der Waals surface area contributed by atoms with E-state index in [1.165, 1.54) is 21.9 Å². The van der Waals surface area contributed by atoms with Gasteiger partial charge in [-0.25, -0.2) is 9.97 Å². The molecule has 3 heterocycles. The third-order valence-electron chi connectivity index (χ3n) is 10.8. The molecule has 0 unspecified atom stereocenters. The molecule has 8 aromatic carbocycles. The van der Waals surface area contributed by atoms with E-state index in [4.69, 9.17) is 9.97 Å². The molecule has 0 spiro atoms. The summed E-state index contributed by atoms with van der Waals surface area (Å²) >= 11 is 0. The first kappa shape index (κ1) is 31.9. The average molecular weight is 716 g/mol. The van der Waals surface area contributed by atoms with Gasteiger partial charge in [0.05, 0.1) is 22.1 Å². The number of rotatable bonds is 6. The fourth-order valence-electron chi connectivity index (χ4n) is 8.33. The van der Waals surface area contributed by atoms with Crippen LogP contribution in [-0.4, -0.2) is 24.1 Å². The zero-order valence-corrected chi connectivity index (χ0v) is 30.3. The number of benzene rings is 8. The fourth-order valence-corrected chi connectivity index (χ4v) is 8.33. The Hall–Kier alpha value is -7.63. The molecule has 0 bridgehead atoms. The summed E-state index contributed by atoms with van der Waals surface area (Å²) in [6.45, 7) is 0. The monoisotopic (exact) mass is 715 g/mol. The van der Waals surface area contributed by atoms with Crippen LogP contribution in [-0.2, 0) is 0 Å². The summed E-state index contributed by atoms with van der Waals surface area (Å²) in [5.41, 5.74) is 13.0. The zero-order chi connectivity index (χ0) is 37.0. The van der Waals surface area contributed by atoms with Gasteiger partial charge in [-0.15, -0.1) is 0 Å². The molecule has 0 saturated carbocycles. The Bertz CT molecular complexity index is 2940. The van der Waals surface area contributed by atoms with Gasteiger partial charge < -0.3 is 0 Å². The summed E-state index contributed by atoms with van der Waals surface area (Å²) in [6.07, 6.45) is 3.91. The first-order valence-corrected chi connectivity index (χ1v) is 18.9. The van der Waals surface area contributed by atoms with E-state index in [1.807, 2.05) is 36.7 Å². The van der Waals surface area contributed by atoms with Crippen molar-refractivity contribution in [3.05, 3.63) is 200 Å². The third kappa shape index (κ3) is 5.13. The van der Waals surface area contributed by atoms with Crippen molar-refractivity contribution in [3.63, 3.8) is 0 Å². The molecule has 11 aromatic rings. The van der Waals surface area contributed by atoms with Gasteiger partial charge in [0, 0.05) is 40.3 Å². The van der Waals surface area contributed by atoms with E-state index in [-0.39, 0.29) is 0 Å². The first-order valence-electron chi connectivity index (χ1n) is 18.9. The van der Waals surface area contributed by atoms with Gasteiger partial charge in [-0.1, -0.05) is 133 Å². The van der Waals surface area contributed by atoms with E-state index in [0.29, 0.717) is 0 Å². The molecule has 262 valence electrons. The molecule has 0 aliphatic carbocycles. The van der Waals surface area contributed by atoms with Crippen LogP contribution in [0.5, 0.6) is 0 Å². The van der Waals surface area contributed by atoms with Crippen molar-refractivity contribution in [1.29, 1.82) is 0 Å². The van der Waals surface area contributed by atoms with Crippen LogP contribution in [0.15, 0.2) is 200 Å². The van der Waals surface area contributed by atoms with Crippen LogP contribution in [0.25, 0.3) is 100 Å². The minimum absolute atomic E-state index is 0.915. The van der Waals surface area contributed by atoms with Crippen LogP contribution in [0.2, 0.25) is 0 Å². The molecule has 0 aliphatic heterocycles. The predicted octanol–water partition coefficient (Wildman–Crippen LogP) is 12.7. The minimum Gasteiger partial charge on any atom is -0.292 e. The summed E-state index contributed by atoms with van der Waals surface area (Å²) in [5.74, 6) is 1.83. The Morgan fingerprint density at radius 2 is 0.714 bits per heavy atom. The van der Waals surface area contributed by atoms with E-state index in [9.17, 15) is 0 Å². The van der Waals surface area contributed by atoms with Crippen molar-refractivity contribution in [2.24, 2.45) is 0 Å². The Balaban J connectivity index is 1.04. The molecule has 0 N–H and O–H groups in total. The highest BCUT2D eigenvalue weighted by atomic mass is 15.1. The van der Waals surface area contributed by atoms with Crippen molar-refractivity contribution in [3.8, 4) is 56.4 Å². The zero-order valence-electron chi connectivity index (χ0n) is 30.3. The molecule has 0 radical (unpaired) electrons. The first-order chi connectivity index (χ1) is 27.8. The highest BCUT2D eigenvalue weighted by Gasteiger charge is 2.20.